The maximum absolute atomic E-state index is 14.0. The molecule has 33 heavy (non-hydrogen) atoms. The Morgan fingerprint density at radius 2 is 1.73 bits per heavy atom. The van der Waals surface area contributed by atoms with E-state index in [2.05, 4.69) is 21.2 Å². The lowest BCUT2D eigenvalue weighted by molar-refractivity contribution is -0.122. The van der Waals surface area contributed by atoms with Crippen molar-refractivity contribution in [3.8, 4) is 0 Å². The van der Waals surface area contributed by atoms with Gasteiger partial charge in [-0.05, 0) is 65.9 Å². The van der Waals surface area contributed by atoms with E-state index in [9.17, 15) is 18.8 Å². The number of carbonyl (C=O) groups is 3. The molecule has 4 rings (SSSR count). The number of rotatable bonds is 4. The minimum Gasteiger partial charge on any atom is -0.273 e. The van der Waals surface area contributed by atoms with E-state index in [1.165, 1.54) is 12.1 Å². The molecule has 3 aromatic carbocycles. The highest BCUT2D eigenvalue weighted by Gasteiger charge is 2.37. The van der Waals surface area contributed by atoms with Crippen LogP contribution in [0.4, 0.5) is 14.9 Å². The average molecular weight is 507 g/mol. The van der Waals surface area contributed by atoms with E-state index in [4.69, 9.17) is 0 Å². The number of aryl methyl sites for hydroxylation is 2. The second-order valence-corrected chi connectivity index (χ2v) is 8.72. The molecule has 0 spiro atoms. The van der Waals surface area contributed by atoms with Crippen LogP contribution >= 0.6 is 15.9 Å². The first-order valence-electron chi connectivity index (χ1n) is 10.2. The zero-order valence-electron chi connectivity index (χ0n) is 18.0. The summed E-state index contributed by atoms with van der Waals surface area (Å²) in [7, 11) is 0. The molecule has 1 aliphatic rings. The maximum atomic E-state index is 14.0. The Bertz CT molecular complexity index is 1330. The standard InChI is InChI=1S/C26H20BrFN2O3/c1-15-7-8-16(2)23(11-15)30-25(32)20(24(31)29-26(30)33)12-17-9-10-18(21(27)13-17)14-19-5-3-4-6-22(19)28/h3-13H,14H2,1-2H3,(H,29,31,33)/b20-12+. The summed E-state index contributed by atoms with van der Waals surface area (Å²) >= 11 is 3.50. The second kappa shape index (κ2) is 9.11. The first-order valence-corrected chi connectivity index (χ1v) is 11.0. The number of hydrogen-bond acceptors (Lipinski definition) is 3. The second-order valence-electron chi connectivity index (χ2n) is 7.87. The summed E-state index contributed by atoms with van der Waals surface area (Å²) in [6, 6.07) is 16.5. The minimum atomic E-state index is -0.780. The molecule has 0 radical (unpaired) electrons. The Balaban J connectivity index is 1.66. The molecule has 3 aromatic rings. The van der Waals surface area contributed by atoms with Crippen molar-refractivity contribution in [2.45, 2.75) is 20.3 Å². The van der Waals surface area contributed by atoms with E-state index in [0.29, 0.717) is 27.7 Å². The predicted molar refractivity (Wildman–Crippen MR) is 128 cm³/mol. The summed E-state index contributed by atoms with van der Waals surface area (Å²) in [4.78, 5) is 39.1. The number of carbonyl (C=O) groups excluding carboxylic acids is 3. The van der Waals surface area contributed by atoms with E-state index in [1.807, 2.05) is 25.1 Å². The van der Waals surface area contributed by atoms with Gasteiger partial charge in [-0.2, -0.15) is 0 Å². The van der Waals surface area contributed by atoms with Crippen LogP contribution in [0.5, 0.6) is 0 Å². The third kappa shape index (κ3) is 4.64. The normalized spacial score (nSPS) is 15.2. The van der Waals surface area contributed by atoms with E-state index in [-0.39, 0.29) is 11.4 Å². The Morgan fingerprint density at radius 1 is 0.970 bits per heavy atom. The number of halogens is 2. The van der Waals surface area contributed by atoms with Crippen molar-refractivity contribution in [2.75, 3.05) is 4.90 Å². The minimum absolute atomic E-state index is 0.149. The fraction of sp³-hybridized carbons (Fsp3) is 0.115. The number of anilines is 1. The van der Waals surface area contributed by atoms with Gasteiger partial charge >= 0.3 is 6.03 Å². The Morgan fingerprint density at radius 3 is 2.45 bits per heavy atom. The molecule has 1 aliphatic heterocycles. The van der Waals surface area contributed by atoms with Gasteiger partial charge in [0.05, 0.1) is 5.69 Å². The molecule has 7 heteroatoms. The monoisotopic (exact) mass is 506 g/mol. The summed E-state index contributed by atoms with van der Waals surface area (Å²) < 4.78 is 14.7. The Labute approximate surface area is 199 Å². The van der Waals surface area contributed by atoms with Gasteiger partial charge in [0.25, 0.3) is 11.8 Å². The number of amides is 4. The number of nitrogens with zero attached hydrogens (tertiary/aromatic N) is 1. The molecular weight excluding hydrogens is 487 g/mol. The van der Waals surface area contributed by atoms with Crippen LogP contribution in [0.3, 0.4) is 0 Å². The SMILES string of the molecule is Cc1ccc(C)c(N2C(=O)NC(=O)/C(=C\c3ccc(Cc4ccccc4F)c(Br)c3)C2=O)c1. The van der Waals surface area contributed by atoms with Gasteiger partial charge in [-0.15, -0.1) is 0 Å². The van der Waals surface area contributed by atoms with Crippen molar-refractivity contribution in [3.63, 3.8) is 0 Å². The van der Waals surface area contributed by atoms with E-state index in [1.54, 1.807) is 43.3 Å². The molecule has 0 aromatic heterocycles. The van der Waals surface area contributed by atoms with Crippen molar-refractivity contribution >= 4 is 45.5 Å². The molecule has 0 atom stereocenters. The topological polar surface area (TPSA) is 66.5 Å². The lowest BCUT2D eigenvalue weighted by Crippen LogP contribution is -2.54. The van der Waals surface area contributed by atoms with Crippen LogP contribution < -0.4 is 10.2 Å². The van der Waals surface area contributed by atoms with Gasteiger partial charge in [-0.1, -0.05) is 58.4 Å². The lowest BCUT2D eigenvalue weighted by atomic mass is 10.0. The van der Waals surface area contributed by atoms with Crippen LogP contribution in [0.1, 0.15) is 27.8 Å². The quantitative estimate of drug-likeness (QED) is 0.377. The Hall–Kier alpha value is -3.58. The van der Waals surface area contributed by atoms with Crippen LogP contribution in [-0.4, -0.2) is 17.8 Å². The van der Waals surface area contributed by atoms with Gasteiger partial charge < -0.3 is 0 Å². The van der Waals surface area contributed by atoms with Gasteiger partial charge in [-0.3, -0.25) is 14.9 Å². The fourth-order valence-electron chi connectivity index (χ4n) is 3.65. The molecule has 0 aliphatic carbocycles. The summed E-state index contributed by atoms with van der Waals surface area (Å²) in [5, 5.41) is 2.25. The first kappa shape index (κ1) is 22.6. The van der Waals surface area contributed by atoms with Crippen LogP contribution in [0.2, 0.25) is 0 Å². The van der Waals surface area contributed by atoms with Crippen molar-refractivity contribution in [2.24, 2.45) is 0 Å². The third-order valence-electron chi connectivity index (χ3n) is 5.43. The smallest absolute Gasteiger partial charge is 0.273 e. The molecule has 1 N–H and O–H groups in total. The Kier molecular flexibility index (Phi) is 6.24. The van der Waals surface area contributed by atoms with Crippen molar-refractivity contribution < 1.29 is 18.8 Å². The van der Waals surface area contributed by atoms with Crippen molar-refractivity contribution in [3.05, 3.63) is 104 Å². The highest BCUT2D eigenvalue weighted by atomic mass is 79.9. The lowest BCUT2D eigenvalue weighted by Gasteiger charge is -2.27. The molecular formula is C26H20BrFN2O3. The molecule has 1 saturated heterocycles. The van der Waals surface area contributed by atoms with Crippen molar-refractivity contribution in [1.82, 2.24) is 5.32 Å². The fourth-order valence-corrected chi connectivity index (χ4v) is 4.18. The van der Waals surface area contributed by atoms with Crippen molar-refractivity contribution in [1.29, 1.82) is 0 Å². The van der Waals surface area contributed by atoms with Crippen LogP contribution in [0, 0.1) is 19.7 Å². The summed E-state index contributed by atoms with van der Waals surface area (Å²) in [5.74, 6) is -1.72. The predicted octanol–water partition coefficient (Wildman–Crippen LogP) is 5.46. The van der Waals surface area contributed by atoms with Gasteiger partial charge in [0, 0.05) is 10.9 Å². The number of hydrogen-bond donors (Lipinski definition) is 1. The summed E-state index contributed by atoms with van der Waals surface area (Å²) in [6.45, 7) is 3.65. The van der Waals surface area contributed by atoms with E-state index < -0.39 is 17.8 Å². The summed E-state index contributed by atoms with van der Waals surface area (Å²) in [5.41, 5.74) is 3.91. The molecule has 0 saturated carbocycles. The van der Waals surface area contributed by atoms with Gasteiger partial charge in [0.2, 0.25) is 0 Å². The van der Waals surface area contributed by atoms with Gasteiger partial charge in [-0.25, -0.2) is 14.1 Å². The number of urea groups is 1. The van der Waals surface area contributed by atoms with Crippen LogP contribution in [0.15, 0.2) is 70.7 Å². The number of benzene rings is 3. The van der Waals surface area contributed by atoms with Gasteiger partial charge in [0.1, 0.15) is 11.4 Å². The number of barbiturate groups is 1. The van der Waals surface area contributed by atoms with Crippen LogP contribution in [-0.2, 0) is 16.0 Å². The third-order valence-corrected chi connectivity index (χ3v) is 6.17. The zero-order valence-corrected chi connectivity index (χ0v) is 19.6. The maximum Gasteiger partial charge on any atom is 0.335 e. The highest BCUT2D eigenvalue weighted by molar-refractivity contribution is 9.10. The molecule has 4 amide bonds. The van der Waals surface area contributed by atoms with E-state index >= 15 is 0 Å². The average Bonchev–Trinajstić information content (AvgIpc) is 2.76. The molecule has 0 unspecified atom stereocenters. The molecule has 166 valence electrons. The molecule has 0 bridgehead atoms. The zero-order chi connectivity index (χ0) is 23.7. The van der Waals surface area contributed by atoms with Gasteiger partial charge in [0.15, 0.2) is 0 Å². The first-order chi connectivity index (χ1) is 15.7. The van der Waals surface area contributed by atoms with E-state index in [0.717, 1.165) is 21.6 Å². The molecule has 1 heterocycles. The molecule has 5 nitrogen and oxygen atoms in total. The number of nitrogens with one attached hydrogen (secondary N) is 1. The number of imide groups is 2. The molecule has 1 fully saturated rings. The largest absolute Gasteiger partial charge is 0.335 e. The summed E-state index contributed by atoms with van der Waals surface area (Å²) in [6.07, 6.45) is 1.83. The highest BCUT2D eigenvalue weighted by Crippen LogP contribution is 2.28. The van der Waals surface area contributed by atoms with Crippen LogP contribution in [0.25, 0.3) is 6.08 Å².